The molecule has 0 spiro atoms. The second-order valence-corrected chi connectivity index (χ2v) is 5.06. The third-order valence-corrected chi connectivity index (χ3v) is 3.09. The van der Waals surface area contributed by atoms with Crippen LogP contribution in [0.1, 0.15) is 12.5 Å². The van der Waals surface area contributed by atoms with Crippen LogP contribution in [0.25, 0.3) is 0 Å². The predicted molar refractivity (Wildman–Crippen MR) is 78.8 cm³/mol. The number of nitrogens with one attached hydrogen (secondary N) is 1. The van der Waals surface area contributed by atoms with Crippen molar-refractivity contribution in [2.45, 2.75) is 19.4 Å². The third kappa shape index (κ3) is 5.77. The molecule has 0 aliphatic rings. The molecule has 0 bridgehead atoms. The van der Waals surface area contributed by atoms with Crippen molar-refractivity contribution in [2.24, 2.45) is 5.73 Å². The average Bonchev–Trinajstić information content (AvgIpc) is 2.36. The van der Waals surface area contributed by atoms with Crippen molar-refractivity contribution in [3.05, 3.63) is 28.2 Å². The standard InChI is InChI=1S/C14H17BrN2O2/c1-3-6-17-14(18)9-19-12-4-5-13(15)11(8-12)7-10(2)16/h1,4-5,8,10H,6-7,9,16H2,2H3,(H,17,18). The molecule has 0 saturated carbocycles. The monoisotopic (exact) mass is 324 g/mol. The van der Waals surface area contributed by atoms with Gasteiger partial charge in [-0.1, -0.05) is 21.9 Å². The summed E-state index contributed by atoms with van der Waals surface area (Å²) < 4.78 is 6.38. The molecular weight excluding hydrogens is 308 g/mol. The predicted octanol–water partition coefficient (Wildman–Crippen LogP) is 1.47. The molecule has 0 radical (unpaired) electrons. The number of benzene rings is 1. The molecule has 5 heteroatoms. The van der Waals surface area contributed by atoms with Gasteiger partial charge in [-0.15, -0.1) is 6.42 Å². The number of carbonyl (C=O) groups excluding carboxylic acids is 1. The van der Waals surface area contributed by atoms with E-state index in [2.05, 4.69) is 27.2 Å². The fourth-order valence-corrected chi connectivity index (χ4v) is 1.90. The van der Waals surface area contributed by atoms with Crippen molar-refractivity contribution in [3.63, 3.8) is 0 Å². The van der Waals surface area contributed by atoms with E-state index in [4.69, 9.17) is 16.9 Å². The minimum absolute atomic E-state index is 0.0546. The van der Waals surface area contributed by atoms with Gasteiger partial charge in [0.05, 0.1) is 6.54 Å². The Bertz CT molecular complexity index is 481. The maximum atomic E-state index is 11.3. The van der Waals surface area contributed by atoms with Crippen LogP contribution in [0.5, 0.6) is 5.75 Å². The number of rotatable bonds is 6. The zero-order valence-electron chi connectivity index (χ0n) is 10.8. The minimum Gasteiger partial charge on any atom is -0.484 e. The number of hydrogen-bond acceptors (Lipinski definition) is 3. The number of carbonyl (C=O) groups is 1. The second kappa shape index (κ2) is 7.82. The number of hydrogen-bond donors (Lipinski definition) is 2. The highest BCUT2D eigenvalue weighted by molar-refractivity contribution is 9.10. The van der Waals surface area contributed by atoms with E-state index >= 15 is 0 Å². The largest absolute Gasteiger partial charge is 0.484 e. The molecule has 0 aliphatic heterocycles. The van der Waals surface area contributed by atoms with Crippen LogP contribution in [0.4, 0.5) is 0 Å². The van der Waals surface area contributed by atoms with Gasteiger partial charge >= 0.3 is 0 Å². The van der Waals surface area contributed by atoms with Crippen molar-refractivity contribution < 1.29 is 9.53 Å². The van der Waals surface area contributed by atoms with Crippen molar-refractivity contribution in [3.8, 4) is 18.1 Å². The van der Waals surface area contributed by atoms with E-state index in [0.717, 1.165) is 16.5 Å². The summed E-state index contributed by atoms with van der Waals surface area (Å²) in [5.74, 6) is 2.72. The first-order valence-electron chi connectivity index (χ1n) is 5.90. The van der Waals surface area contributed by atoms with Crippen molar-refractivity contribution in [2.75, 3.05) is 13.2 Å². The first-order chi connectivity index (χ1) is 9.02. The lowest BCUT2D eigenvalue weighted by molar-refractivity contribution is -0.122. The second-order valence-electron chi connectivity index (χ2n) is 4.20. The number of halogens is 1. The Morgan fingerprint density at radius 1 is 1.63 bits per heavy atom. The molecule has 1 atom stereocenters. The number of amides is 1. The SMILES string of the molecule is C#CCNC(=O)COc1ccc(Br)c(CC(C)N)c1. The summed E-state index contributed by atoms with van der Waals surface area (Å²) in [6.07, 6.45) is 5.78. The molecule has 0 fully saturated rings. The first-order valence-corrected chi connectivity index (χ1v) is 6.69. The molecule has 0 saturated heterocycles. The topological polar surface area (TPSA) is 64.3 Å². The lowest BCUT2D eigenvalue weighted by Crippen LogP contribution is -2.29. The normalized spacial score (nSPS) is 11.5. The zero-order valence-corrected chi connectivity index (χ0v) is 12.4. The van der Waals surface area contributed by atoms with Crippen LogP contribution in [-0.2, 0) is 11.2 Å². The Hall–Kier alpha value is -1.51. The van der Waals surface area contributed by atoms with Gasteiger partial charge in [0.1, 0.15) is 5.75 Å². The number of terminal acetylenes is 1. The molecule has 4 nitrogen and oxygen atoms in total. The highest BCUT2D eigenvalue weighted by Gasteiger charge is 2.07. The van der Waals surface area contributed by atoms with E-state index in [0.29, 0.717) is 5.75 Å². The molecule has 19 heavy (non-hydrogen) atoms. The quantitative estimate of drug-likeness (QED) is 0.779. The van der Waals surface area contributed by atoms with E-state index in [1.807, 2.05) is 19.1 Å². The molecule has 1 aromatic rings. The van der Waals surface area contributed by atoms with E-state index in [1.165, 1.54) is 0 Å². The maximum absolute atomic E-state index is 11.3. The summed E-state index contributed by atoms with van der Waals surface area (Å²) in [4.78, 5) is 11.3. The van der Waals surface area contributed by atoms with Gasteiger partial charge < -0.3 is 15.8 Å². The number of nitrogens with two attached hydrogens (primary N) is 1. The Morgan fingerprint density at radius 3 is 3.00 bits per heavy atom. The van der Waals surface area contributed by atoms with Crippen LogP contribution >= 0.6 is 15.9 Å². The average molecular weight is 325 g/mol. The van der Waals surface area contributed by atoms with Gasteiger partial charge in [0, 0.05) is 10.5 Å². The summed E-state index contributed by atoms with van der Waals surface area (Å²) in [5, 5.41) is 2.53. The highest BCUT2D eigenvalue weighted by atomic mass is 79.9. The smallest absolute Gasteiger partial charge is 0.258 e. The summed E-state index contributed by atoms with van der Waals surface area (Å²) >= 11 is 3.46. The van der Waals surface area contributed by atoms with Gasteiger partial charge in [0.2, 0.25) is 0 Å². The van der Waals surface area contributed by atoms with E-state index in [-0.39, 0.29) is 25.1 Å². The van der Waals surface area contributed by atoms with Gasteiger partial charge in [-0.25, -0.2) is 0 Å². The number of ether oxygens (including phenoxy) is 1. The summed E-state index contributed by atoms with van der Waals surface area (Å²) in [6, 6.07) is 5.61. The van der Waals surface area contributed by atoms with Gasteiger partial charge in [-0.05, 0) is 37.1 Å². The zero-order chi connectivity index (χ0) is 14.3. The molecule has 0 aromatic heterocycles. The highest BCUT2D eigenvalue weighted by Crippen LogP contribution is 2.23. The molecule has 102 valence electrons. The fraction of sp³-hybridized carbons (Fsp3) is 0.357. The Kier molecular flexibility index (Phi) is 6.40. The molecule has 1 unspecified atom stereocenters. The van der Waals surface area contributed by atoms with Crippen LogP contribution in [0, 0.1) is 12.3 Å². The van der Waals surface area contributed by atoms with E-state index in [9.17, 15) is 4.79 Å². The fourth-order valence-electron chi connectivity index (χ4n) is 1.49. The minimum atomic E-state index is -0.241. The Balaban J connectivity index is 2.59. The van der Waals surface area contributed by atoms with Gasteiger partial charge in [0.15, 0.2) is 6.61 Å². The van der Waals surface area contributed by atoms with Crippen LogP contribution in [0.2, 0.25) is 0 Å². The maximum Gasteiger partial charge on any atom is 0.258 e. The van der Waals surface area contributed by atoms with Crippen LogP contribution in [0.3, 0.4) is 0 Å². The summed E-state index contributed by atoms with van der Waals surface area (Å²) in [6.45, 7) is 2.09. The van der Waals surface area contributed by atoms with Crippen molar-refractivity contribution in [1.29, 1.82) is 0 Å². The Labute approximate surface area is 121 Å². The van der Waals surface area contributed by atoms with Crippen molar-refractivity contribution >= 4 is 21.8 Å². The van der Waals surface area contributed by atoms with Gasteiger partial charge in [0.25, 0.3) is 5.91 Å². The third-order valence-electron chi connectivity index (χ3n) is 2.32. The lowest BCUT2D eigenvalue weighted by Gasteiger charge is -2.11. The Morgan fingerprint density at radius 2 is 2.37 bits per heavy atom. The van der Waals surface area contributed by atoms with Crippen molar-refractivity contribution in [1.82, 2.24) is 5.32 Å². The van der Waals surface area contributed by atoms with Crippen LogP contribution < -0.4 is 15.8 Å². The van der Waals surface area contributed by atoms with Crippen LogP contribution in [-0.4, -0.2) is 25.1 Å². The molecular formula is C14H17BrN2O2. The molecule has 0 aliphatic carbocycles. The van der Waals surface area contributed by atoms with Crippen LogP contribution in [0.15, 0.2) is 22.7 Å². The summed E-state index contributed by atoms with van der Waals surface area (Å²) in [5.41, 5.74) is 6.83. The lowest BCUT2D eigenvalue weighted by atomic mass is 10.1. The summed E-state index contributed by atoms with van der Waals surface area (Å²) in [7, 11) is 0. The molecule has 1 rings (SSSR count). The molecule has 0 heterocycles. The van der Waals surface area contributed by atoms with Gasteiger partial charge in [-0.2, -0.15) is 0 Å². The van der Waals surface area contributed by atoms with E-state index < -0.39 is 0 Å². The van der Waals surface area contributed by atoms with E-state index in [1.54, 1.807) is 6.07 Å². The first kappa shape index (κ1) is 15.5. The molecule has 1 aromatic carbocycles. The molecule has 3 N–H and O–H groups in total. The van der Waals surface area contributed by atoms with Gasteiger partial charge in [-0.3, -0.25) is 4.79 Å². The molecule has 1 amide bonds.